The predicted octanol–water partition coefficient (Wildman–Crippen LogP) is 4.48. The Bertz CT molecular complexity index is 1410. The Hall–Kier alpha value is -2.60. The van der Waals surface area contributed by atoms with Gasteiger partial charge in [-0.3, -0.25) is 0 Å². The van der Waals surface area contributed by atoms with Gasteiger partial charge in [0, 0.05) is 29.7 Å². The molecule has 0 spiro atoms. The highest BCUT2D eigenvalue weighted by Crippen LogP contribution is 2.30. The Kier molecular flexibility index (Phi) is 6.42. The maximum atomic E-state index is 13.4. The van der Waals surface area contributed by atoms with Crippen molar-refractivity contribution in [2.24, 2.45) is 0 Å². The van der Waals surface area contributed by atoms with E-state index < -0.39 is 21.7 Å². The van der Waals surface area contributed by atoms with Crippen molar-refractivity contribution in [2.75, 3.05) is 18.4 Å². The molecule has 0 unspecified atom stereocenters. The molecule has 2 aromatic carbocycles. The van der Waals surface area contributed by atoms with Crippen LogP contribution in [0.25, 0.3) is 16.9 Å². The van der Waals surface area contributed by atoms with Gasteiger partial charge in [-0.2, -0.15) is 9.61 Å². The lowest BCUT2D eigenvalue weighted by Gasteiger charge is -2.12. The summed E-state index contributed by atoms with van der Waals surface area (Å²) in [7, 11) is -4.01. The van der Waals surface area contributed by atoms with E-state index in [1.54, 1.807) is 22.8 Å². The third-order valence-corrected chi connectivity index (χ3v) is 6.85. The van der Waals surface area contributed by atoms with Crippen LogP contribution in [0.2, 0.25) is 5.02 Å². The lowest BCUT2D eigenvalue weighted by molar-refractivity contribution is 0.504. The number of nitrogens with one attached hydrogen (secondary N) is 2. The van der Waals surface area contributed by atoms with E-state index in [4.69, 9.17) is 11.6 Å². The van der Waals surface area contributed by atoms with Crippen molar-refractivity contribution in [1.29, 1.82) is 0 Å². The van der Waals surface area contributed by atoms with E-state index in [1.165, 1.54) is 0 Å². The molecule has 2 aromatic heterocycles. The smallest absolute Gasteiger partial charge is 0.240 e. The Labute approximate surface area is 195 Å². The summed E-state index contributed by atoms with van der Waals surface area (Å²) in [5.41, 5.74) is 1.88. The van der Waals surface area contributed by atoms with Gasteiger partial charge in [-0.15, -0.1) is 0 Å². The van der Waals surface area contributed by atoms with Crippen LogP contribution in [0.3, 0.4) is 0 Å². The first-order valence-corrected chi connectivity index (χ1v) is 11.9. The van der Waals surface area contributed by atoms with Gasteiger partial charge in [0.2, 0.25) is 10.0 Å². The fourth-order valence-electron chi connectivity index (χ4n) is 2.97. The minimum Gasteiger partial charge on any atom is -0.369 e. The lowest BCUT2D eigenvalue weighted by atomic mass is 10.1. The summed E-state index contributed by atoms with van der Waals surface area (Å²) in [6.45, 7) is 0.163. The number of aromatic nitrogens is 3. The number of anilines is 1. The van der Waals surface area contributed by atoms with Crippen LogP contribution in [0.15, 0.2) is 64.1 Å². The predicted molar refractivity (Wildman–Crippen MR) is 121 cm³/mol. The molecule has 4 aromatic rings. The second-order valence-corrected chi connectivity index (χ2v) is 9.66. The van der Waals surface area contributed by atoms with Gasteiger partial charge in [0.25, 0.3) is 0 Å². The number of rotatable bonds is 7. The molecule has 166 valence electrons. The van der Waals surface area contributed by atoms with Crippen molar-refractivity contribution in [3.63, 3.8) is 0 Å². The molecule has 32 heavy (non-hydrogen) atoms. The van der Waals surface area contributed by atoms with Crippen LogP contribution < -0.4 is 10.0 Å². The van der Waals surface area contributed by atoms with Crippen LogP contribution >= 0.6 is 27.5 Å². The quantitative estimate of drug-likeness (QED) is 0.336. The van der Waals surface area contributed by atoms with Gasteiger partial charge in [-0.25, -0.2) is 26.9 Å². The highest BCUT2D eigenvalue weighted by Gasteiger charge is 2.17. The summed E-state index contributed by atoms with van der Waals surface area (Å²) in [5.74, 6) is -1.80. The normalized spacial score (nSPS) is 11.8. The zero-order valence-electron chi connectivity index (χ0n) is 16.2. The van der Waals surface area contributed by atoms with Crippen LogP contribution in [-0.2, 0) is 10.0 Å². The summed E-state index contributed by atoms with van der Waals surface area (Å²) in [6, 6.07) is 11.4. The van der Waals surface area contributed by atoms with Crippen LogP contribution in [-0.4, -0.2) is 36.1 Å². The van der Waals surface area contributed by atoms with E-state index >= 15 is 0 Å². The van der Waals surface area contributed by atoms with Crippen LogP contribution in [0.4, 0.5) is 14.6 Å². The standard InChI is InChI=1S/C20H15BrClF2N5O2S/c21-14-11-26-29-19(10-18(28-20(14)29)13-3-1-2-4-15(13)22)25-7-8-27-32(30,31)12-5-6-16(23)17(24)9-12/h1-6,9-11,25,27H,7-8H2. The zero-order chi connectivity index (χ0) is 22.9. The Balaban J connectivity index is 1.53. The number of nitrogens with zero attached hydrogens (tertiary/aromatic N) is 3. The molecule has 0 aliphatic heterocycles. The summed E-state index contributed by atoms with van der Waals surface area (Å²) in [5, 5.41) is 7.91. The Morgan fingerprint density at radius 2 is 1.84 bits per heavy atom. The summed E-state index contributed by atoms with van der Waals surface area (Å²) in [6.07, 6.45) is 1.59. The van der Waals surface area contributed by atoms with E-state index in [0.717, 1.165) is 17.7 Å². The topological polar surface area (TPSA) is 88.4 Å². The third-order valence-electron chi connectivity index (χ3n) is 4.50. The van der Waals surface area contributed by atoms with Gasteiger partial charge in [0.05, 0.1) is 21.3 Å². The van der Waals surface area contributed by atoms with Crippen LogP contribution in [0.1, 0.15) is 0 Å². The number of halogens is 4. The maximum Gasteiger partial charge on any atom is 0.240 e. The van der Waals surface area contributed by atoms with E-state index in [9.17, 15) is 17.2 Å². The first kappa shape index (κ1) is 22.6. The average Bonchev–Trinajstić information content (AvgIpc) is 3.14. The molecule has 12 heteroatoms. The summed E-state index contributed by atoms with van der Waals surface area (Å²) < 4.78 is 55.7. The fraction of sp³-hybridized carbons (Fsp3) is 0.100. The Morgan fingerprint density at radius 3 is 2.59 bits per heavy atom. The van der Waals surface area contributed by atoms with E-state index in [0.29, 0.717) is 32.7 Å². The first-order valence-electron chi connectivity index (χ1n) is 9.24. The van der Waals surface area contributed by atoms with Crippen molar-refractivity contribution in [3.8, 4) is 11.3 Å². The number of sulfonamides is 1. The molecular weight excluding hydrogens is 528 g/mol. The Morgan fingerprint density at radius 1 is 1.06 bits per heavy atom. The molecule has 0 radical (unpaired) electrons. The molecular formula is C20H15BrClF2N5O2S. The van der Waals surface area contributed by atoms with Crippen molar-refractivity contribution in [3.05, 3.63) is 75.9 Å². The maximum absolute atomic E-state index is 13.4. The van der Waals surface area contributed by atoms with E-state index in [2.05, 4.69) is 36.1 Å². The van der Waals surface area contributed by atoms with E-state index in [1.807, 2.05) is 18.2 Å². The monoisotopic (exact) mass is 541 g/mol. The molecule has 0 atom stereocenters. The molecule has 0 fully saturated rings. The number of benzene rings is 2. The van der Waals surface area contributed by atoms with Gasteiger partial charge in [0.15, 0.2) is 17.3 Å². The lowest BCUT2D eigenvalue weighted by Crippen LogP contribution is -2.29. The molecule has 4 rings (SSSR count). The zero-order valence-corrected chi connectivity index (χ0v) is 19.3. The average molecular weight is 543 g/mol. The molecule has 2 heterocycles. The third kappa shape index (κ3) is 4.60. The number of hydrogen-bond acceptors (Lipinski definition) is 5. The molecule has 0 aliphatic rings. The molecule has 0 saturated carbocycles. The molecule has 0 bridgehead atoms. The van der Waals surface area contributed by atoms with E-state index in [-0.39, 0.29) is 18.0 Å². The minimum atomic E-state index is -4.01. The highest BCUT2D eigenvalue weighted by molar-refractivity contribution is 9.10. The SMILES string of the molecule is O=S(=O)(NCCNc1cc(-c2ccccc2Cl)nc2c(Br)cnn12)c1ccc(F)c(F)c1. The molecule has 0 saturated heterocycles. The van der Waals surface area contributed by atoms with Crippen molar-refractivity contribution >= 4 is 49.0 Å². The van der Waals surface area contributed by atoms with Crippen molar-refractivity contribution in [1.82, 2.24) is 19.3 Å². The largest absolute Gasteiger partial charge is 0.369 e. The van der Waals surface area contributed by atoms with Gasteiger partial charge in [-0.05, 0) is 40.2 Å². The molecule has 0 amide bonds. The number of fused-ring (bicyclic) bond motifs is 1. The number of hydrogen-bond donors (Lipinski definition) is 2. The van der Waals surface area contributed by atoms with Gasteiger partial charge < -0.3 is 5.32 Å². The van der Waals surface area contributed by atoms with Gasteiger partial charge >= 0.3 is 0 Å². The highest BCUT2D eigenvalue weighted by atomic mass is 79.9. The molecule has 2 N–H and O–H groups in total. The summed E-state index contributed by atoms with van der Waals surface area (Å²) >= 11 is 9.73. The first-order chi connectivity index (χ1) is 15.3. The van der Waals surface area contributed by atoms with Gasteiger partial charge in [0.1, 0.15) is 5.82 Å². The second-order valence-electron chi connectivity index (χ2n) is 6.63. The molecule has 7 nitrogen and oxygen atoms in total. The van der Waals surface area contributed by atoms with Crippen LogP contribution in [0, 0.1) is 11.6 Å². The summed E-state index contributed by atoms with van der Waals surface area (Å²) in [4.78, 5) is 4.24. The second kappa shape index (κ2) is 9.10. The van der Waals surface area contributed by atoms with Crippen LogP contribution in [0.5, 0.6) is 0 Å². The minimum absolute atomic E-state index is 0.0188. The fourth-order valence-corrected chi connectivity index (χ4v) is 4.60. The van der Waals surface area contributed by atoms with Gasteiger partial charge in [-0.1, -0.05) is 29.8 Å². The van der Waals surface area contributed by atoms with Crippen molar-refractivity contribution < 1.29 is 17.2 Å². The molecule has 0 aliphatic carbocycles. The van der Waals surface area contributed by atoms with Crippen molar-refractivity contribution in [2.45, 2.75) is 4.90 Å².